The van der Waals surface area contributed by atoms with Crippen LogP contribution < -0.4 is 10.1 Å². The number of hydrogen-bond acceptors (Lipinski definition) is 3. The van der Waals surface area contributed by atoms with Crippen molar-refractivity contribution in [2.24, 2.45) is 0 Å². The molecule has 1 amide bonds. The van der Waals surface area contributed by atoms with E-state index in [2.05, 4.69) is 5.32 Å². The van der Waals surface area contributed by atoms with Crippen LogP contribution in [0, 0.1) is 0 Å². The first-order chi connectivity index (χ1) is 11.2. The van der Waals surface area contributed by atoms with Crippen LogP contribution >= 0.6 is 0 Å². The Morgan fingerprint density at radius 3 is 2.52 bits per heavy atom. The molecule has 0 aliphatic carbocycles. The molecule has 0 spiro atoms. The number of carbonyl (C=O) groups is 1. The summed E-state index contributed by atoms with van der Waals surface area (Å²) >= 11 is 0. The molecule has 0 saturated heterocycles. The van der Waals surface area contributed by atoms with Crippen LogP contribution in [-0.2, 0) is 4.74 Å². The van der Waals surface area contributed by atoms with Crippen LogP contribution in [0.1, 0.15) is 35.4 Å². The Morgan fingerprint density at radius 2 is 1.78 bits per heavy atom. The van der Waals surface area contributed by atoms with Crippen LogP contribution in [0.4, 0.5) is 0 Å². The van der Waals surface area contributed by atoms with E-state index in [0.717, 1.165) is 12.0 Å². The zero-order valence-electron chi connectivity index (χ0n) is 13.6. The van der Waals surface area contributed by atoms with Gasteiger partial charge in [-0.2, -0.15) is 0 Å². The molecule has 122 valence electrons. The highest BCUT2D eigenvalue weighted by atomic mass is 16.5. The van der Waals surface area contributed by atoms with Crippen LogP contribution in [-0.4, -0.2) is 26.2 Å². The third-order valence-corrected chi connectivity index (χ3v) is 3.60. The van der Waals surface area contributed by atoms with E-state index in [1.54, 1.807) is 19.2 Å². The second-order valence-electron chi connectivity index (χ2n) is 5.23. The molecule has 4 heteroatoms. The van der Waals surface area contributed by atoms with Gasteiger partial charge in [0.15, 0.2) is 0 Å². The van der Waals surface area contributed by atoms with E-state index in [9.17, 15) is 4.79 Å². The summed E-state index contributed by atoms with van der Waals surface area (Å²) in [6, 6.07) is 17.3. The highest BCUT2D eigenvalue weighted by molar-refractivity contribution is 5.96. The Bertz CT molecular complexity index is 613. The van der Waals surface area contributed by atoms with Crippen molar-refractivity contribution in [3.05, 3.63) is 65.7 Å². The lowest BCUT2D eigenvalue weighted by Gasteiger charge is -2.13. The van der Waals surface area contributed by atoms with Gasteiger partial charge in [-0.1, -0.05) is 42.5 Å². The molecule has 0 fully saturated rings. The van der Waals surface area contributed by atoms with Gasteiger partial charge < -0.3 is 14.8 Å². The molecule has 23 heavy (non-hydrogen) atoms. The third kappa shape index (κ3) is 5.11. The van der Waals surface area contributed by atoms with Gasteiger partial charge in [-0.25, -0.2) is 0 Å². The van der Waals surface area contributed by atoms with Gasteiger partial charge in [-0.05, 0) is 31.0 Å². The zero-order chi connectivity index (χ0) is 16.5. The maximum atomic E-state index is 12.1. The van der Waals surface area contributed by atoms with Gasteiger partial charge >= 0.3 is 0 Å². The fourth-order valence-electron chi connectivity index (χ4n) is 2.28. The number of ether oxygens (including phenoxy) is 2. The summed E-state index contributed by atoms with van der Waals surface area (Å²) in [4.78, 5) is 12.1. The van der Waals surface area contributed by atoms with Gasteiger partial charge in [-0.3, -0.25) is 4.79 Å². The van der Waals surface area contributed by atoms with Crippen molar-refractivity contribution in [3.63, 3.8) is 0 Å². The molecule has 0 aliphatic heterocycles. The van der Waals surface area contributed by atoms with Gasteiger partial charge in [-0.15, -0.1) is 0 Å². The fraction of sp³-hybridized carbons (Fsp3) is 0.316. The Hall–Kier alpha value is -2.33. The second-order valence-corrected chi connectivity index (χ2v) is 5.23. The van der Waals surface area contributed by atoms with E-state index in [0.29, 0.717) is 24.5 Å². The number of amides is 1. The molecule has 0 radical (unpaired) electrons. The molecule has 1 atom stereocenters. The highest BCUT2D eigenvalue weighted by Crippen LogP contribution is 2.17. The number of hydrogen-bond donors (Lipinski definition) is 1. The molecule has 2 rings (SSSR count). The number of benzene rings is 2. The standard InChI is InChI=1S/C19H23NO3/c1-15(16-9-4-3-5-10-16)23-14-8-13-20-19(21)17-11-6-7-12-18(17)22-2/h3-7,9-12,15H,8,13-14H2,1-2H3,(H,20,21)/t15-/m1/s1. The molecular formula is C19H23NO3. The summed E-state index contributed by atoms with van der Waals surface area (Å²) in [5, 5.41) is 2.89. The maximum Gasteiger partial charge on any atom is 0.255 e. The number of carbonyl (C=O) groups excluding carboxylic acids is 1. The summed E-state index contributed by atoms with van der Waals surface area (Å²) in [6.07, 6.45) is 0.819. The topological polar surface area (TPSA) is 47.6 Å². The maximum absolute atomic E-state index is 12.1. The monoisotopic (exact) mass is 313 g/mol. The minimum absolute atomic E-state index is 0.0566. The van der Waals surface area contributed by atoms with Gasteiger partial charge in [0.2, 0.25) is 0 Å². The fourth-order valence-corrected chi connectivity index (χ4v) is 2.28. The third-order valence-electron chi connectivity index (χ3n) is 3.60. The van der Waals surface area contributed by atoms with E-state index in [-0.39, 0.29) is 12.0 Å². The van der Waals surface area contributed by atoms with Crippen molar-refractivity contribution in [3.8, 4) is 5.75 Å². The van der Waals surface area contributed by atoms with Crippen molar-refractivity contribution in [2.75, 3.05) is 20.3 Å². The Kier molecular flexibility index (Phi) is 6.63. The van der Waals surface area contributed by atoms with Crippen LogP contribution in [0.2, 0.25) is 0 Å². The summed E-state index contributed by atoms with van der Waals surface area (Å²) in [7, 11) is 1.56. The molecule has 0 aliphatic rings. The van der Waals surface area contributed by atoms with Crippen LogP contribution in [0.5, 0.6) is 5.75 Å². The molecule has 2 aromatic rings. The van der Waals surface area contributed by atoms with Gasteiger partial charge in [0.05, 0.1) is 18.8 Å². The quantitative estimate of drug-likeness (QED) is 0.758. The molecule has 1 N–H and O–H groups in total. The molecular weight excluding hydrogens is 290 g/mol. The van der Waals surface area contributed by atoms with Crippen LogP contribution in [0.25, 0.3) is 0 Å². The van der Waals surface area contributed by atoms with Crippen molar-refractivity contribution in [2.45, 2.75) is 19.4 Å². The first kappa shape index (κ1) is 17.0. The number of para-hydroxylation sites is 1. The van der Waals surface area contributed by atoms with Crippen molar-refractivity contribution in [1.29, 1.82) is 0 Å². The minimum Gasteiger partial charge on any atom is -0.496 e. The van der Waals surface area contributed by atoms with Gasteiger partial charge in [0.1, 0.15) is 5.75 Å². The molecule has 0 bridgehead atoms. The van der Waals surface area contributed by atoms with E-state index in [4.69, 9.17) is 9.47 Å². The molecule has 2 aromatic carbocycles. The normalized spacial score (nSPS) is 11.7. The predicted octanol–water partition coefficient (Wildman–Crippen LogP) is 3.59. The lowest BCUT2D eigenvalue weighted by Crippen LogP contribution is -2.25. The van der Waals surface area contributed by atoms with E-state index < -0.39 is 0 Å². The first-order valence-electron chi connectivity index (χ1n) is 7.80. The summed E-state index contributed by atoms with van der Waals surface area (Å²) in [6.45, 7) is 3.20. The van der Waals surface area contributed by atoms with E-state index >= 15 is 0 Å². The van der Waals surface area contributed by atoms with Gasteiger partial charge in [0, 0.05) is 13.2 Å². The molecule has 0 saturated carbocycles. The first-order valence-corrected chi connectivity index (χ1v) is 7.80. The molecule has 0 unspecified atom stereocenters. The zero-order valence-corrected chi connectivity index (χ0v) is 13.6. The lowest BCUT2D eigenvalue weighted by atomic mass is 10.1. The number of methoxy groups -OCH3 is 1. The smallest absolute Gasteiger partial charge is 0.255 e. The Morgan fingerprint density at radius 1 is 1.09 bits per heavy atom. The van der Waals surface area contributed by atoms with Crippen molar-refractivity contribution < 1.29 is 14.3 Å². The minimum atomic E-state index is -0.126. The SMILES string of the molecule is COc1ccccc1C(=O)NCCCO[C@H](C)c1ccccc1. The average molecular weight is 313 g/mol. The van der Waals surface area contributed by atoms with E-state index in [1.165, 1.54) is 0 Å². The Balaban J connectivity index is 1.70. The molecule has 4 nitrogen and oxygen atoms in total. The lowest BCUT2D eigenvalue weighted by molar-refractivity contribution is 0.0635. The van der Waals surface area contributed by atoms with Gasteiger partial charge in [0.25, 0.3) is 5.91 Å². The van der Waals surface area contributed by atoms with Crippen LogP contribution in [0.3, 0.4) is 0 Å². The average Bonchev–Trinajstić information content (AvgIpc) is 2.61. The predicted molar refractivity (Wildman–Crippen MR) is 90.8 cm³/mol. The number of rotatable bonds is 8. The van der Waals surface area contributed by atoms with Crippen molar-refractivity contribution >= 4 is 5.91 Å². The van der Waals surface area contributed by atoms with Crippen LogP contribution in [0.15, 0.2) is 54.6 Å². The largest absolute Gasteiger partial charge is 0.496 e. The highest BCUT2D eigenvalue weighted by Gasteiger charge is 2.10. The van der Waals surface area contributed by atoms with Crippen molar-refractivity contribution in [1.82, 2.24) is 5.32 Å². The summed E-state index contributed by atoms with van der Waals surface area (Å²) in [5.74, 6) is 0.456. The summed E-state index contributed by atoms with van der Waals surface area (Å²) < 4.78 is 11.0. The molecule has 0 heterocycles. The Labute approximate surface area is 137 Å². The summed E-state index contributed by atoms with van der Waals surface area (Å²) in [5.41, 5.74) is 1.71. The van der Waals surface area contributed by atoms with E-state index in [1.807, 2.05) is 49.4 Å². The number of nitrogens with one attached hydrogen (secondary N) is 1. The second kappa shape index (κ2) is 8.96. The molecule has 0 aromatic heterocycles.